The fourth-order valence-electron chi connectivity index (χ4n) is 3.48. The van der Waals surface area contributed by atoms with Gasteiger partial charge >= 0.3 is 12.3 Å². The lowest BCUT2D eigenvalue weighted by Gasteiger charge is -2.26. The number of aryl methyl sites for hydroxylation is 1. The Kier molecular flexibility index (Phi) is 6.52. The minimum atomic E-state index is -4.45. The van der Waals surface area contributed by atoms with Crippen molar-refractivity contribution < 1.29 is 27.5 Å². The van der Waals surface area contributed by atoms with Crippen LogP contribution in [0.15, 0.2) is 30.5 Å². The first-order valence-electron chi connectivity index (χ1n) is 10.4. The summed E-state index contributed by atoms with van der Waals surface area (Å²) in [5.74, 6) is 0.234. The van der Waals surface area contributed by atoms with Gasteiger partial charge in [-0.15, -0.1) is 0 Å². The van der Waals surface area contributed by atoms with Crippen LogP contribution in [0.3, 0.4) is 0 Å². The van der Waals surface area contributed by atoms with Gasteiger partial charge < -0.3 is 19.9 Å². The summed E-state index contributed by atoms with van der Waals surface area (Å²) in [6.45, 7) is 7.41. The summed E-state index contributed by atoms with van der Waals surface area (Å²) in [5, 5.41) is 5.52. The molecule has 7 nitrogen and oxygen atoms in total. The normalized spacial score (nSPS) is 17.3. The average molecular weight is 452 g/mol. The molecule has 0 saturated carbocycles. The Morgan fingerprint density at radius 3 is 2.62 bits per heavy atom. The number of aromatic nitrogens is 2. The van der Waals surface area contributed by atoms with Crippen molar-refractivity contribution in [2.45, 2.75) is 70.9 Å². The van der Waals surface area contributed by atoms with Crippen molar-refractivity contribution in [2.24, 2.45) is 0 Å². The van der Waals surface area contributed by atoms with Crippen molar-refractivity contribution in [3.05, 3.63) is 53.1 Å². The highest BCUT2D eigenvalue weighted by Gasteiger charge is 2.31. The molecular formula is C22H27F3N4O3. The third-order valence-electron chi connectivity index (χ3n) is 5.01. The number of carbonyl (C=O) groups is 2. The second-order valence-corrected chi connectivity index (χ2v) is 8.89. The van der Waals surface area contributed by atoms with Crippen LogP contribution in [0.25, 0.3) is 0 Å². The molecule has 2 heterocycles. The average Bonchev–Trinajstić information content (AvgIpc) is 3.09. The van der Waals surface area contributed by atoms with Crippen LogP contribution in [0.1, 0.15) is 67.6 Å². The zero-order valence-electron chi connectivity index (χ0n) is 18.4. The first-order chi connectivity index (χ1) is 14.8. The minimum Gasteiger partial charge on any atom is -0.444 e. The first kappa shape index (κ1) is 23.6. The Balaban J connectivity index is 1.63. The van der Waals surface area contributed by atoms with Crippen molar-refractivity contribution in [3.63, 3.8) is 0 Å². The van der Waals surface area contributed by atoms with Gasteiger partial charge in [0.2, 0.25) is 0 Å². The number of fused-ring (bicyclic) bond motifs is 1. The van der Waals surface area contributed by atoms with Crippen LogP contribution >= 0.6 is 0 Å². The van der Waals surface area contributed by atoms with E-state index in [1.165, 1.54) is 12.1 Å². The van der Waals surface area contributed by atoms with Gasteiger partial charge in [-0.05, 0) is 51.8 Å². The number of halogens is 3. The molecule has 1 aliphatic heterocycles. The maximum atomic E-state index is 12.9. The maximum Gasteiger partial charge on any atom is 0.416 e. The second kappa shape index (κ2) is 8.84. The van der Waals surface area contributed by atoms with E-state index in [-0.39, 0.29) is 11.7 Å². The topological polar surface area (TPSA) is 85.3 Å². The summed E-state index contributed by atoms with van der Waals surface area (Å²) in [7, 11) is 0. The van der Waals surface area contributed by atoms with E-state index in [1.54, 1.807) is 38.5 Å². The van der Waals surface area contributed by atoms with Crippen molar-refractivity contribution in [3.8, 4) is 0 Å². The van der Waals surface area contributed by atoms with E-state index in [0.29, 0.717) is 30.8 Å². The van der Waals surface area contributed by atoms with E-state index in [9.17, 15) is 22.8 Å². The van der Waals surface area contributed by atoms with Crippen molar-refractivity contribution in [2.75, 3.05) is 0 Å². The number of amides is 2. The molecule has 0 aliphatic carbocycles. The van der Waals surface area contributed by atoms with E-state index in [1.807, 2.05) is 0 Å². The highest BCUT2D eigenvalue weighted by molar-refractivity contribution is 5.92. The largest absolute Gasteiger partial charge is 0.444 e. The quantitative estimate of drug-likeness (QED) is 0.727. The zero-order valence-corrected chi connectivity index (χ0v) is 18.4. The van der Waals surface area contributed by atoms with Gasteiger partial charge in [0, 0.05) is 19.2 Å². The summed E-state index contributed by atoms with van der Waals surface area (Å²) in [6.07, 6.45) is -2.15. The molecule has 2 aromatic rings. The fourth-order valence-corrected chi connectivity index (χ4v) is 3.48. The van der Waals surface area contributed by atoms with Crippen LogP contribution in [0.5, 0.6) is 0 Å². The molecule has 0 saturated heterocycles. The van der Waals surface area contributed by atoms with Gasteiger partial charge in [0.15, 0.2) is 0 Å². The SMILES string of the molecule is C[C@@H](NC(=O)c1cn2c(n1)CCC(NC(=O)OC(C)(C)C)C2)c1cccc(C(F)(F)F)c1. The number of rotatable bonds is 4. The molecule has 0 fully saturated rings. The molecule has 0 radical (unpaired) electrons. The molecule has 10 heteroatoms. The van der Waals surface area contributed by atoms with Crippen LogP contribution in [-0.4, -0.2) is 33.2 Å². The van der Waals surface area contributed by atoms with Crippen molar-refractivity contribution in [1.82, 2.24) is 20.2 Å². The molecule has 1 aliphatic rings. The number of hydrogen-bond donors (Lipinski definition) is 2. The molecule has 174 valence electrons. The lowest BCUT2D eigenvalue weighted by molar-refractivity contribution is -0.137. The summed E-state index contributed by atoms with van der Waals surface area (Å²) in [4.78, 5) is 29.0. The Bertz CT molecular complexity index is 995. The second-order valence-electron chi connectivity index (χ2n) is 8.89. The lowest BCUT2D eigenvalue weighted by atomic mass is 10.0. The van der Waals surface area contributed by atoms with Gasteiger partial charge in [0.1, 0.15) is 17.1 Å². The number of nitrogens with zero attached hydrogens (tertiary/aromatic N) is 2. The predicted molar refractivity (Wildman–Crippen MR) is 111 cm³/mol. The fraction of sp³-hybridized carbons (Fsp3) is 0.500. The molecule has 0 spiro atoms. The third-order valence-corrected chi connectivity index (χ3v) is 5.01. The van der Waals surface area contributed by atoms with Gasteiger partial charge in [0.05, 0.1) is 17.6 Å². The first-order valence-corrected chi connectivity index (χ1v) is 10.4. The van der Waals surface area contributed by atoms with E-state index >= 15 is 0 Å². The monoisotopic (exact) mass is 452 g/mol. The smallest absolute Gasteiger partial charge is 0.416 e. The van der Waals surface area contributed by atoms with Gasteiger partial charge in [-0.25, -0.2) is 9.78 Å². The highest BCUT2D eigenvalue weighted by Crippen LogP contribution is 2.30. The molecule has 1 aromatic heterocycles. The van der Waals surface area contributed by atoms with Crippen molar-refractivity contribution >= 4 is 12.0 Å². The molecule has 0 bridgehead atoms. The summed E-state index contributed by atoms with van der Waals surface area (Å²) >= 11 is 0. The molecule has 1 aromatic carbocycles. The number of alkyl halides is 3. The molecule has 1 unspecified atom stereocenters. The molecular weight excluding hydrogens is 425 g/mol. The van der Waals surface area contributed by atoms with Crippen LogP contribution in [0.2, 0.25) is 0 Å². The zero-order chi connectivity index (χ0) is 23.7. The highest BCUT2D eigenvalue weighted by atomic mass is 19.4. The number of imidazole rings is 1. The van der Waals surface area contributed by atoms with Crippen LogP contribution < -0.4 is 10.6 Å². The van der Waals surface area contributed by atoms with Gasteiger partial charge in [-0.3, -0.25) is 4.79 Å². The Hall–Kier alpha value is -3.04. The Morgan fingerprint density at radius 1 is 1.25 bits per heavy atom. The molecule has 2 N–H and O–H groups in total. The van der Waals surface area contributed by atoms with Crippen LogP contribution in [0.4, 0.5) is 18.0 Å². The molecule has 32 heavy (non-hydrogen) atoms. The summed E-state index contributed by atoms with van der Waals surface area (Å²) in [6, 6.07) is 4.06. The third kappa shape index (κ3) is 6.02. The molecule has 2 amide bonds. The van der Waals surface area contributed by atoms with Crippen LogP contribution in [-0.2, 0) is 23.9 Å². The maximum absolute atomic E-state index is 12.9. The van der Waals surface area contributed by atoms with Gasteiger partial charge in [0.25, 0.3) is 5.91 Å². The Labute approximate surface area is 184 Å². The van der Waals surface area contributed by atoms with E-state index in [4.69, 9.17) is 4.74 Å². The number of hydrogen-bond acceptors (Lipinski definition) is 4. The van der Waals surface area contributed by atoms with E-state index in [0.717, 1.165) is 12.1 Å². The number of carbonyl (C=O) groups excluding carboxylic acids is 2. The molecule has 3 rings (SSSR count). The van der Waals surface area contributed by atoms with E-state index in [2.05, 4.69) is 15.6 Å². The van der Waals surface area contributed by atoms with E-state index < -0.39 is 35.4 Å². The summed E-state index contributed by atoms with van der Waals surface area (Å²) < 4.78 is 45.9. The Morgan fingerprint density at radius 2 is 1.97 bits per heavy atom. The number of nitrogens with one attached hydrogen (secondary N) is 2. The lowest BCUT2D eigenvalue weighted by Crippen LogP contribution is -2.43. The van der Waals surface area contributed by atoms with Gasteiger partial charge in [-0.1, -0.05) is 12.1 Å². The number of benzene rings is 1. The van der Waals surface area contributed by atoms with Gasteiger partial charge in [-0.2, -0.15) is 13.2 Å². The predicted octanol–water partition coefficient (Wildman–Crippen LogP) is 4.23. The minimum absolute atomic E-state index is 0.161. The summed E-state index contributed by atoms with van der Waals surface area (Å²) in [5.41, 5.74) is -0.840. The number of alkyl carbamates (subject to hydrolysis) is 1. The standard InChI is InChI=1S/C22H27F3N4O3/c1-13(14-6-5-7-15(10-14)22(23,24)25)26-19(30)17-12-29-11-16(8-9-18(29)28-17)27-20(31)32-21(2,3)4/h5-7,10,12-13,16H,8-9,11H2,1-4H3,(H,26,30)(H,27,31)/t13-,16?/m1/s1. The molecule has 2 atom stereocenters. The number of ether oxygens (including phenoxy) is 1. The van der Waals surface area contributed by atoms with Crippen LogP contribution in [0, 0.1) is 0 Å². The van der Waals surface area contributed by atoms with Crippen molar-refractivity contribution in [1.29, 1.82) is 0 Å².